The van der Waals surface area contributed by atoms with Crippen molar-refractivity contribution in [3.05, 3.63) is 18.2 Å². The largest absolute Gasteiger partial charge is 0.393 e. The monoisotopic (exact) mass is 221 g/mol. The van der Waals surface area contributed by atoms with Crippen LogP contribution in [0.4, 0.5) is 0 Å². The number of fused-ring (bicyclic) bond motifs is 1. The zero-order chi connectivity index (χ0) is 11.0. The molecule has 0 saturated heterocycles. The first kappa shape index (κ1) is 10.3. The van der Waals surface area contributed by atoms with Crippen LogP contribution in [0.25, 0.3) is 0 Å². The summed E-state index contributed by atoms with van der Waals surface area (Å²) in [4.78, 5) is 6.92. The van der Waals surface area contributed by atoms with Crippen LogP contribution in [-0.4, -0.2) is 38.2 Å². The fourth-order valence-electron chi connectivity index (χ4n) is 2.93. The SMILES string of the molecule is OC1CCC(N2CCn3ccnc3C2)CC1. The van der Waals surface area contributed by atoms with E-state index < -0.39 is 0 Å². The Morgan fingerprint density at radius 2 is 2.00 bits per heavy atom. The molecule has 0 amide bonds. The maximum Gasteiger partial charge on any atom is 0.122 e. The average Bonchev–Trinajstić information content (AvgIpc) is 2.77. The van der Waals surface area contributed by atoms with Gasteiger partial charge in [-0.1, -0.05) is 0 Å². The van der Waals surface area contributed by atoms with Crippen molar-refractivity contribution in [2.45, 2.75) is 50.9 Å². The summed E-state index contributed by atoms with van der Waals surface area (Å²) in [7, 11) is 0. The van der Waals surface area contributed by atoms with E-state index in [9.17, 15) is 5.11 Å². The number of hydrogen-bond acceptors (Lipinski definition) is 3. The Bertz CT molecular complexity index is 355. The van der Waals surface area contributed by atoms with Gasteiger partial charge >= 0.3 is 0 Å². The normalized spacial score (nSPS) is 31.3. The van der Waals surface area contributed by atoms with Gasteiger partial charge in [-0.2, -0.15) is 0 Å². The van der Waals surface area contributed by atoms with Gasteiger partial charge < -0.3 is 9.67 Å². The molecule has 4 heteroatoms. The molecule has 1 aliphatic heterocycles. The van der Waals surface area contributed by atoms with E-state index in [4.69, 9.17) is 0 Å². The minimum Gasteiger partial charge on any atom is -0.393 e. The molecule has 1 aromatic heterocycles. The molecule has 1 aliphatic carbocycles. The van der Waals surface area contributed by atoms with Crippen LogP contribution in [0.2, 0.25) is 0 Å². The Kier molecular flexibility index (Phi) is 2.69. The van der Waals surface area contributed by atoms with E-state index in [1.54, 1.807) is 0 Å². The molecule has 0 unspecified atom stereocenters. The molecule has 2 aliphatic rings. The van der Waals surface area contributed by atoms with Crippen LogP contribution in [0.5, 0.6) is 0 Å². The number of hydrogen-bond donors (Lipinski definition) is 1. The summed E-state index contributed by atoms with van der Waals surface area (Å²) in [6.45, 7) is 3.17. The molecule has 2 heterocycles. The molecule has 0 atom stereocenters. The number of aromatic nitrogens is 2. The summed E-state index contributed by atoms with van der Waals surface area (Å²) >= 11 is 0. The van der Waals surface area contributed by atoms with Gasteiger partial charge in [-0.3, -0.25) is 4.90 Å². The van der Waals surface area contributed by atoms with E-state index in [2.05, 4.69) is 20.6 Å². The van der Waals surface area contributed by atoms with E-state index in [-0.39, 0.29) is 6.10 Å². The smallest absolute Gasteiger partial charge is 0.122 e. The van der Waals surface area contributed by atoms with Gasteiger partial charge in [0.25, 0.3) is 0 Å². The lowest BCUT2D eigenvalue weighted by Gasteiger charge is -2.37. The van der Waals surface area contributed by atoms with Crippen molar-refractivity contribution in [3.63, 3.8) is 0 Å². The van der Waals surface area contributed by atoms with Crippen LogP contribution in [0, 0.1) is 0 Å². The average molecular weight is 221 g/mol. The van der Waals surface area contributed by atoms with Gasteiger partial charge in [0, 0.05) is 31.5 Å². The number of imidazole rings is 1. The molecule has 3 rings (SSSR count). The summed E-state index contributed by atoms with van der Waals surface area (Å²) in [6, 6.07) is 0.661. The first-order chi connectivity index (χ1) is 7.83. The Morgan fingerprint density at radius 3 is 2.81 bits per heavy atom. The summed E-state index contributed by atoms with van der Waals surface area (Å²) in [5, 5.41) is 9.52. The Labute approximate surface area is 95.9 Å². The molecule has 88 valence electrons. The highest BCUT2D eigenvalue weighted by atomic mass is 16.3. The highest BCUT2D eigenvalue weighted by Crippen LogP contribution is 2.25. The lowest BCUT2D eigenvalue weighted by Crippen LogP contribution is -2.43. The van der Waals surface area contributed by atoms with Gasteiger partial charge in [-0.15, -0.1) is 0 Å². The molecule has 1 saturated carbocycles. The topological polar surface area (TPSA) is 41.3 Å². The molecule has 0 aromatic carbocycles. The van der Waals surface area contributed by atoms with Gasteiger partial charge in [0.2, 0.25) is 0 Å². The van der Waals surface area contributed by atoms with Crippen LogP contribution >= 0.6 is 0 Å². The first-order valence-electron chi connectivity index (χ1n) is 6.25. The quantitative estimate of drug-likeness (QED) is 0.769. The van der Waals surface area contributed by atoms with Crippen molar-refractivity contribution >= 4 is 0 Å². The maximum absolute atomic E-state index is 9.52. The van der Waals surface area contributed by atoms with Crippen LogP contribution in [0.3, 0.4) is 0 Å². The number of aliphatic hydroxyl groups is 1. The lowest BCUT2D eigenvalue weighted by atomic mass is 9.92. The zero-order valence-electron chi connectivity index (χ0n) is 9.55. The fraction of sp³-hybridized carbons (Fsp3) is 0.750. The molecule has 1 N–H and O–H groups in total. The highest BCUT2D eigenvalue weighted by molar-refractivity contribution is 4.97. The summed E-state index contributed by atoms with van der Waals surface area (Å²) in [6.07, 6.45) is 8.12. The summed E-state index contributed by atoms with van der Waals surface area (Å²) in [5.74, 6) is 1.19. The Balaban J connectivity index is 1.65. The van der Waals surface area contributed by atoms with Gasteiger partial charge in [0.05, 0.1) is 12.6 Å². The lowest BCUT2D eigenvalue weighted by molar-refractivity contribution is 0.0604. The second kappa shape index (κ2) is 4.18. The van der Waals surface area contributed by atoms with Crippen molar-refractivity contribution in [3.8, 4) is 0 Å². The summed E-state index contributed by atoms with van der Waals surface area (Å²) in [5.41, 5.74) is 0. The second-order valence-electron chi connectivity index (χ2n) is 4.97. The molecule has 1 aromatic rings. The first-order valence-corrected chi connectivity index (χ1v) is 6.25. The van der Waals surface area contributed by atoms with E-state index >= 15 is 0 Å². The van der Waals surface area contributed by atoms with Crippen molar-refractivity contribution in [2.24, 2.45) is 0 Å². The van der Waals surface area contributed by atoms with Gasteiger partial charge in [0.15, 0.2) is 0 Å². The van der Waals surface area contributed by atoms with Crippen molar-refractivity contribution < 1.29 is 5.11 Å². The molecular weight excluding hydrogens is 202 g/mol. The van der Waals surface area contributed by atoms with E-state index in [1.807, 2.05) is 6.20 Å². The van der Waals surface area contributed by atoms with Gasteiger partial charge in [-0.25, -0.2) is 4.98 Å². The zero-order valence-corrected chi connectivity index (χ0v) is 9.55. The van der Waals surface area contributed by atoms with Gasteiger partial charge in [0.1, 0.15) is 5.82 Å². The molecule has 16 heavy (non-hydrogen) atoms. The third-order valence-electron chi connectivity index (χ3n) is 3.96. The van der Waals surface area contributed by atoms with Crippen molar-refractivity contribution in [1.82, 2.24) is 14.5 Å². The minimum atomic E-state index is -0.0528. The predicted molar refractivity (Wildman–Crippen MR) is 60.9 cm³/mol. The number of aliphatic hydroxyl groups excluding tert-OH is 1. The van der Waals surface area contributed by atoms with Crippen molar-refractivity contribution in [2.75, 3.05) is 6.54 Å². The van der Waals surface area contributed by atoms with Crippen LogP contribution in [0.1, 0.15) is 31.5 Å². The van der Waals surface area contributed by atoms with E-state index in [0.717, 1.165) is 45.3 Å². The Hall–Kier alpha value is -0.870. The molecular formula is C12H19N3O. The molecule has 1 fully saturated rings. The van der Waals surface area contributed by atoms with Crippen molar-refractivity contribution in [1.29, 1.82) is 0 Å². The summed E-state index contributed by atoms with van der Waals surface area (Å²) < 4.78 is 2.24. The minimum absolute atomic E-state index is 0.0528. The third kappa shape index (κ3) is 1.87. The Morgan fingerprint density at radius 1 is 1.19 bits per heavy atom. The van der Waals surface area contributed by atoms with Crippen LogP contribution in [-0.2, 0) is 13.1 Å². The third-order valence-corrected chi connectivity index (χ3v) is 3.96. The molecule has 0 bridgehead atoms. The van der Waals surface area contributed by atoms with Crippen LogP contribution < -0.4 is 0 Å². The van der Waals surface area contributed by atoms with Crippen LogP contribution in [0.15, 0.2) is 12.4 Å². The molecule has 0 spiro atoms. The highest BCUT2D eigenvalue weighted by Gasteiger charge is 2.27. The second-order valence-corrected chi connectivity index (χ2v) is 4.97. The molecule has 0 radical (unpaired) electrons. The number of nitrogens with zero attached hydrogens (tertiary/aromatic N) is 3. The number of rotatable bonds is 1. The standard InChI is InChI=1S/C12H19N3O/c16-11-3-1-10(2-4-11)15-8-7-14-6-5-13-12(14)9-15/h5-6,10-11,16H,1-4,7-9H2. The predicted octanol–water partition coefficient (Wildman–Crippen LogP) is 1.00. The van der Waals surface area contributed by atoms with E-state index in [0.29, 0.717) is 6.04 Å². The van der Waals surface area contributed by atoms with Gasteiger partial charge in [-0.05, 0) is 25.7 Å². The fourth-order valence-corrected chi connectivity index (χ4v) is 2.93. The maximum atomic E-state index is 9.52. The molecule has 4 nitrogen and oxygen atoms in total. The van der Waals surface area contributed by atoms with E-state index in [1.165, 1.54) is 5.82 Å².